The third-order valence-electron chi connectivity index (χ3n) is 12.3. The van der Waals surface area contributed by atoms with Crippen LogP contribution in [0, 0.1) is 63.6 Å². The third kappa shape index (κ3) is 2.95. The molecule has 0 saturated heterocycles. The summed E-state index contributed by atoms with van der Waals surface area (Å²) in [4.78, 5) is 0. The first-order chi connectivity index (χ1) is 14.7. The van der Waals surface area contributed by atoms with Crippen molar-refractivity contribution in [3.63, 3.8) is 0 Å². The van der Waals surface area contributed by atoms with Crippen LogP contribution in [0.15, 0.2) is 12.2 Å². The van der Waals surface area contributed by atoms with Gasteiger partial charge in [0.1, 0.15) is 0 Å². The molecule has 1 spiro atoms. The summed E-state index contributed by atoms with van der Waals surface area (Å²) in [5.74, 6) is 5.89. The number of ether oxygens (including phenoxy) is 1. The van der Waals surface area contributed by atoms with Crippen LogP contribution in [0.4, 0.5) is 0 Å². The molecule has 5 aliphatic rings. The Morgan fingerprint density at radius 2 is 1.77 bits per heavy atom. The molecular formula is C29H48O2. The Hall–Kier alpha value is -0.340. The SMILES string of the molecule is CO[C@@H]1C[C@H]2[C@@H]3CC[C@H]([C@H](C)/C=C/[C@H](CO)C(C)C)[C@@]3(C)CC[C@@H]2[C@@]2(C)CC[C@@H]3C[C@]312. The molecule has 0 bridgehead atoms. The zero-order valence-electron chi connectivity index (χ0n) is 21.1. The zero-order chi connectivity index (χ0) is 22.2. The summed E-state index contributed by atoms with van der Waals surface area (Å²) in [5.41, 5.74) is 1.57. The van der Waals surface area contributed by atoms with Gasteiger partial charge in [0.15, 0.2) is 0 Å². The molecule has 0 unspecified atom stereocenters. The van der Waals surface area contributed by atoms with Crippen molar-refractivity contribution in [3.05, 3.63) is 12.2 Å². The van der Waals surface area contributed by atoms with E-state index in [9.17, 15) is 5.11 Å². The van der Waals surface area contributed by atoms with E-state index in [1.165, 1.54) is 51.4 Å². The summed E-state index contributed by atoms with van der Waals surface area (Å²) in [7, 11) is 2.01. The second kappa shape index (κ2) is 7.59. The van der Waals surface area contributed by atoms with Crippen molar-refractivity contribution in [2.75, 3.05) is 13.7 Å². The lowest BCUT2D eigenvalue weighted by Gasteiger charge is -2.61. The number of methoxy groups -OCH3 is 1. The lowest BCUT2D eigenvalue weighted by Crippen LogP contribution is -2.57. The maximum Gasteiger partial charge on any atom is 0.0638 e. The Morgan fingerprint density at radius 3 is 2.42 bits per heavy atom. The normalized spacial score (nSPS) is 52.5. The molecule has 2 nitrogen and oxygen atoms in total. The lowest BCUT2D eigenvalue weighted by atomic mass is 9.45. The van der Waals surface area contributed by atoms with E-state index >= 15 is 0 Å². The number of allylic oxidation sites excluding steroid dienone is 1. The van der Waals surface area contributed by atoms with Crippen LogP contribution in [0.1, 0.15) is 86.0 Å². The summed E-state index contributed by atoms with van der Waals surface area (Å²) >= 11 is 0. The average Bonchev–Trinajstić information content (AvgIpc) is 3.24. The van der Waals surface area contributed by atoms with Crippen LogP contribution in [0.25, 0.3) is 0 Å². The summed E-state index contributed by atoms with van der Waals surface area (Å²) in [5, 5.41) is 9.75. The number of hydrogen-bond donors (Lipinski definition) is 1. The number of fused-ring (bicyclic) bond motifs is 4. The van der Waals surface area contributed by atoms with Crippen LogP contribution in [0.3, 0.4) is 0 Å². The average molecular weight is 429 g/mol. The highest BCUT2D eigenvalue weighted by atomic mass is 16.5. The minimum atomic E-state index is 0.273. The summed E-state index contributed by atoms with van der Waals surface area (Å²) in [6.07, 6.45) is 16.7. The summed E-state index contributed by atoms with van der Waals surface area (Å²) in [6.45, 7) is 12.5. The van der Waals surface area contributed by atoms with Crippen LogP contribution in [-0.2, 0) is 4.74 Å². The third-order valence-corrected chi connectivity index (χ3v) is 12.3. The van der Waals surface area contributed by atoms with E-state index in [1.807, 2.05) is 7.11 Å². The van der Waals surface area contributed by atoms with E-state index in [2.05, 4.69) is 46.8 Å². The Balaban J connectivity index is 1.37. The molecule has 0 aromatic carbocycles. The molecule has 0 aromatic heterocycles. The number of rotatable bonds is 6. The van der Waals surface area contributed by atoms with Crippen LogP contribution in [0.5, 0.6) is 0 Å². The van der Waals surface area contributed by atoms with E-state index in [1.54, 1.807) is 0 Å². The van der Waals surface area contributed by atoms with Gasteiger partial charge in [0.2, 0.25) is 0 Å². The van der Waals surface area contributed by atoms with Crippen LogP contribution >= 0.6 is 0 Å². The highest BCUT2D eigenvalue weighted by molar-refractivity contribution is 5.26. The number of aliphatic hydroxyl groups excluding tert-OH is 1. The molecule has 31 heavy (non-hydrogen) atoms. The minimum absolute atomic E-state index is 0.273. The molecular weight excluding hydrogens is 380 g/mol. The monoisotopic (exact) mass is 428 g/mol. The molecule has 1 N–H and O–H groups in total. The van der Waals surface area contributed by atoms with Crippen molar-refractivity contribution in [3.8, 4) is 0 Å². The largest absolute Gasteiger partial charge is 0.396 e. The van der Waals surface area contributed by atoms with Crippen molar-refractivity contribution < 1.29 is 9.84 Å². The smallest absolute Gasteiger partial charge is 0.0638 e. The van der Waals surface area contributed by atoms with Crippen molar-refractivity contribution in [2.45, 2.75) is 92.1 Å². The molecule has 5 fully saturated rings. The molecule has 0 aliphatic heterocycles. The highest BCUT2D eigenvalue weighted by Crippen LogP contribution is 2.82. The van der Waals surface area contributed by atoms with Crippen LogP contribution in [0.2, 0.25) is 0 Å². The molecule has 176 valence electrons. The summed E-state index contributed by atoms with van der Waals surface area (Å²) in [6, 6.07) is 0. The van der Waals surface area contributed by atoms with Gasteiger partial charge in [0.25, 0.3) is 0 Å². The molecule has 5 aliphatic carbocycles. The van der Waals surface area contributed by atoms with Gasteiger partial charge in [-0.25, -0.2) is 0 Å². The fraction of sp³-hybridized carbons (Fsp3) is 0.931. The van der Waals surface area contributed by atoms with Crippen LogP contribution < -0.4 is 0 Å². The molecule has 5 rings (SSSR count). The molecule has 11 atom stereocenters. The predicted octanol–water partition coefficient (Wildman–Crippen LogP) is 6.73. The lowest BCUT2D eigenvalue weighted by molar-refractivity contribution is -0.160. The second-order valence-electron chi connectivity index (χ2n) is 13.3. The minimum Gasteiger partial charge on any atom is -0.396 e. The summed E-state index contributed by atoms with van der Waals surface area (Å²) < 4.78 is 6.28. The first-order valence-corrected chi connectivity index (χ1v) is 13.5. The fourth-order valence-electron chi connectivity index (χ4n) is 10.4. The Labute approximate surface area is 191 Å². The first kappa shape index (κ1) is 22.5. The molecule has 0 aromatic rings. The fourth-order valence-corrected chi connectivity index (χ4v) is 10.4. The maximum absolute atomic E-state index is 9.75. The van der Waals surface area contributed by atoms with Crippen molar-refractivity contribution in [1.29, 1.82) is 0 Å². The Morgan fingerprint density at radius 1 is 1.00 bits per heavy atom. The van der Waals surface area contributed by atoms with Crippen molar-refractivity contribution in [1.82, 2.24) is 0 Å². The number of aliphatic hydroxyl groups is 1. The Kier molecular flexibility index (Phi) is 5.50. The van der Waals surface area contributed by atoms with Gasteiger partial charge >= 0.3 is 0 Å². The standard InChI is InChI=1S/C29H48O2/c1-18(2)20(17-30)8-7-19(3)23-9-10-24-22-15-26(31-6)29-16-21(29)11-14-28(29,5)25(22)12-13-27(23,24)4/h7-8,18-26,30H,9-17H2,1-6H3/b8-7+/t19-,20-,21-,22+,23-,24+,25+,26-,27-,28-,29+/m1/s1. The van der Waals surface area contributed by atoms with E-state index in [0.29, 0.717) is 40.1 Å². The van der Waals surface area contributed by atoms with Gasteiger partial charge in [-0.05, 0) is 104 Å². The maximum atomic E-state index is 9.75. The van der Waals surface area contributed by atoms with Crippen LogP contribution in [-0.4, -0.2) is 24.9 Å². The number of hydrogen-bond acceptors (Lipinski definition) is 2. The highest BCUT2D eigenvalue weighted by Gasteiger charge is 2.77. The van der Waals surface area contributed by atoms with E-state index in [0.717, 1.165) is 29.6 Å². The van der Waals surface area contributed by atoms with Gasteiger partial charge in [-0.2, -0.15) is 0 Å². The van der Waals surface area contributed by atoms with E-state index in [-0.39, 0.29) is 6.61 Å². The van der Waals surface area contributed by atoms with Gasteiger partial charge in [0.05, 0.1) is 6.10 Å². The van der Waals surface area contributed by atoms with Crippen molar-refractivity contribution in [2.24, 2.45) is 63.6 Å². The van der Waals surface area contributed by atoms with E-state index in [4.69, 9.17) is 4.74 Å². The van der Waals surface area contributed by atoms with Gasteiger partial charge in [-0.15, -0.1) is 0 Å². The molecule has 5 saturated carbocycles. The molecule has 0 heterocycles. The van der Waals surface area contributed by atoms with Gasteiger partial charge in [0, 0.05) is 25.0 Å². The van der Waals surface area contributed by atoms with Gasteiger partial charge in [-0.1, -0.05) is 46.8 Å². The second-order valence-corrected chi connectivity index (χ2v) is 13.3. The molecule has 0 radical (unpaired) electrons. The van der Waals surface area contributed by atoms with Crippen molar-refractivity contribution >= 4 is 0 Å². The van der Waals surface area contributed by atoms with Gasteiger partial charge in [-0.3, -0.25) is 0 Å². The Bertz CT molecular complexity index is 714. The predicted molar refractivity (Wildman–Crippen MR) is 128 cm³/mol. The topological polar surface area (TPSA) is 29.5 Å². The quantitative estimate of drug-likeness (QED) is 0.475. The molecule has 2 heteroatoms. The van der Waals surface area contributed by atoms with Gasteiger partial charge < -0.3 is 9.84 Å². The first-order valence-electron chi connectivity index (χ1n) is 13.5. The van der Waals surface area contributed by atoms with E-state index < -0.39 is 0 Å². The zero-order valence-corrected chi connectivity index (χ0v) is 21.1. The molecule has 0 amide bonds.